The zero-order valence-corrected chi connectivity index (χ0v) is 17.6. The number of para-hydroxylation sites is 1. The zero-order valence-electron chi connectivity index (χ0n) is 16.8. The summed E-state index contributed by atoms with van der Waals surface area (Å²) in [6.07, 6.45) is 2.90. The molecule has 0 bridgehead atoms. The van der Waals surface area contributed by atoms with E-state index in [1.165, 1.54) is 11.6 Å². The average Bonchev–Trinajstić information content (AvgIpc) is 2.74. The van der Waals surface area contributed by atoms with E-state index in [9.17, 15) is 13.2 Å². The van der Waals surface area contributed by atoms with Gasteiger partial charge < -0.3 is 5.32 Å². The number of carbonyl (C=O) groups is 1. The molecule has 3 aromatic rings. The Morgan fingerprint density at radius 1 is 0.967 bits per heavy atom. The quantitative estimate of drug-likeness (QED) is 0.633. The highest BCUT2D eigenvalue weighted by atomic mass is 32.2. The van der Waals surface area contributed by atoms with Gasteiger partial charge in [-0.3, -0.25) is 9.52 Å². The summed E-state index contributed by atoms with van der Waals surface area (Å²) < 4.78 is 28.4. The molecule has 0 spiro atoms. The number of anilines is 1. The van der Waals surface area contributed by atoms with Crippen LogP contribution in [-0.4, -0.2) is 14.3 Å². The first kappa shape index (κ1) is 20.2. The van der Waals surface area contributed by atoms with Gasteiger partial charge in [0.15, 0.2) is 0 Å². The summed E-state index contributed by atoms with van der Waals surface area (Å²) in [6.45, 7) is 1.72. The second-order valence-electron chi connectivity index (χ2n) is 7.57. The second-order valence-corrected chi connectivity index (χ2v) is 9.22. The molecule has 2 N–H and O–H groups in total. The number of fused-ring (bicyclic) bond motifs is 1. The van der Waals surface area contributed by atoms with Crippen LogP contribution in [0, 0.1) is 6.92 Å². The van der Waals surface area contributed by atoms with Gasteiger partial charge in [-0.15, -0.1) is 0 Å². The van der Waals surface area contributed by atoms with Crippen LogP contribution in [0.1, 0.15) is 45.9 Å². The molecule has 1 amide bonds. The molecule has 1 aliphatic carbocycles. The maximum absolute atomic E-state index is 12.9. The van der Waals surface area contributed by atoms with Crippen molar-refractivity contribution in [3.8, 4) is 0 Å². The summed E-state index contributed by atoms with van der Waals surface area (Å²) in [6, 6.07) is 21.6. The van der Waals surface area contributed by atoms with Crippen molar-refractivity contribution in [1.82, 2.24) is 5.32 Å². The first-order valence-corrected chi connectivity index (χ1v) is 11.5. The van der Waals surface area contributed by atoms with Crippen molar-refractivity contribution in [3.63, 3.8) is 0 Å². The molecular formula is C24H24N2O3S. The number of aryl methyl sites for hydroxylation is 2. The van der Waals surface area contributed by atoms with Gasteiger partial charge in [-0.05, 0) is 67.1 Å². The van der Waals surface area contributed by atoms with Crippen LogP contribution < -0.4 is 10.0 Å². The summed E-state index contributed by atoms with van der Waals surface area (Å²) in [5, 5.41) is 3.09. The summed E-state index contributed by atoms with van der Waals surface area (Å²) >= 11 is 0. The molecule has 5 nitrogen and oxygen atoms in total. The Morgan fingerprint density at radius 2 is 1.70 bits per heavy atom. The standard InChI is InChI=1S/C24H24N2O3S/c1-17-14-15-19(16-23(17)30(28,29)26-20-10-3-2-4-11-20)24(27)25-22-13-7-9-18-8-5-6-12-21(18)22/h2-6,8,10-12,14-16,22,26H,7,9,13H2,1H3,(H,25,27). The third-order valence-corrected chi connectivity index (χ3v) is 6.96. The number of sulfonamides is 1. The maximum Gasteiger partial charge on any atom is 0.262 e. The minimum atomic E-state index is -3.81. The molecule has 154 valence electrons. The second kappa shape index (κ2) is 8.32. The molecule has 0 saturated heterocycles. The molecule has 0 aromatic heterocycles. The van der Waals surface area contributed by atoms with Crippen LogP contribution in [0.25, 0.3) is 0 Å². The number of amides is 1. The van der Waals surface area contributed by atoms with Crippen molar-refractivity contribution >= 4 is 21.6 Å². The first-order chi connectivity index (χ1) is 14.4. The van der Waals surface area contributed by atoms with Crippen LogP contribution in [0.4, 0.5) is 5.69 Å². The molecule has 3 aromatic carbocycles. The number of carbonyl (C=O) groups excluding carboxylic acids is 1. The molecule has 6 heteroatoms. The van der Waals surface area contributed by atoms with Crippen molar-refractivity contribution in [2.45, 2.75) is 37.1 Å². The Bertz CT molecular complexity index is 1170. The first-order valence-electron chi connectivity index (χ1n) is 10.0. The summed E-state index contributed by atoms with van der Waals surface area (Å²) in [7, 11) is -3.81. The molecular weight excluding hydrogens is 396 g/mol. The van der Waals surface area contributed by atoms with Crippen molar-refractivity contribution in [3.05, 3.63) is 95.1 Å². The Balaban J connectivity index is 1.58. The van der Waals surface area contributed by atoms with E-state index < -0.39 is 10.0 Å². The Morgan fingerprint density at radius 3 is 2.50 bits per heavy atom. The lowest BCUT2D eigenvalue weighted by molar-refractivity contribution is 0.0932. The highest BCUT2D eigenvalue weighted by Gasteiger charge is 2.24. The lowest BCUT2D eigenvalue weighted by Crippen LogP contribution is -2.31. The van der Waals surface area contributed by atoms with Crippen LogP contribution in [-0.2, 0) is 16.4 Å². The predicted octanol–water partition coefficient (Wildman–Crippen LogP) is 4.60. The van der Waals surface area contributed by atoms with Gasteiger partial charge >= 0.3 is 0 Å². The molecule has 0 fully saturated rings. The van der Waals surface area contributed by atoms with Crippen molar-refractivity contribution in [2.75, 3.05) is 4.72 Å². The van der Waals surface area contributed by atoms with E-state index >= 15 is 0 Å². The highest BCUT2D eigenvalue weighted by Crippen LogP contribution is 2.30. The Labute approximate surface area is 177 Å². The van der Waals surface area contributed by atoms with Gasteiger partial charge in [-0.2, -0.15) is 0 Å². The van der Waals surface area contributed by atoms with Crippen molar-refractivity contribution < 1.29 is 13.2 Å². The Hall–Kier alpha value is -3.12. The van der Waals surface area contributed by atoms with Crippen LogP contribution in [0.5, 0.6) is 0 Å². The summed E-state index contributed by atoms with van der Waals surface area (Å²) in [4.78, 5) is 13.0. The number of rotatable bonds is 5. The largest absolute Gasteiger partial charge is 0.345 e. The number of benzene rings is 3. The van der Waals surface area contributed by atoms with Gasteiger partial charge in [0, 0.05) is 11.3 Å². The molecule has 1 unspecified atom stereocenters. The van der Waals surface area contributed by atoms with E-state index in [2.05, 4.69) is 16.1 Å². The molecule has 1 atom stereocenters. The lowest BCUT2D eigenvalue weighted by atomic mass is 9.87. The van der Waals surface area contributed by atoms with Gasteiger partial charge in [0.1, 0.15) is 0 Å². The fourth-order valence-corrected chi connectivity index (χ4v) is 5.22. The lowest BCUT2D eigenvalue weighted by Gasteiger charge is -2.26. The van der Waals surface area contributed by atoms with Gasteiger partial charge in [0.05, 0.1) is 10.9 Å². The summed E-state index contributed by atoms with van der Waals surface area (Å²) in [5.74, 6) is -0.270. The van der Waals surface area contributed by atoms with Gasteiger partial charge in [-0.25, -0.2) is 8.42 Å². The maximum atomic E-state index is 12.9. The van der Waals surface area contributed by atoms with Gasteiger partial charge in [0.2, 0.25) is 0 Å². The monoisotopic (exact) mass is 420 g/mol. The van der Waals surface area contributed by atoms with E-state index in [0.717, 1.165) is 24.8 Å². The predicted molar refractivity (Wildman–Crippen MR) is 118 cm³/mol. The minimum absolute atomic E-state index is 0.0637. The molecule has 1 aliphatic rings. The molecule has 30 heavy (non-hydrogen) atoms. The fourth-order valence-electron chi connectivity index (χ4n) is 3.89. The van der Waals surface area contributed by atoms with E-state index in [4.69, 9.17) is 0 Å². The van der Waals surface area contributed by atoms with E-state index in [1.807, 2.05) is 24.3 Å². The molecule has 0 radical (unpaired) electrons. The number of hydrogen-bond donors (Lipinski definition) is 2. The number of nitrogens with one attached hydrogen (secondary N) is 2. The summed E-state index contributed by atoms with van der Waals surface area (Å²) in [5.41, 5.74) is 3.79. The fraction of sp³-hybridized carbons (Fsp3) is 0.208. The van der Waals surface area contributed by atoms with Crippen molar-refractivity contribution in [2.24, 2.45) is 0 Å². The third kappa shape index (κ3) is 4.24. The Kier molecular flexibility index (Phi) is 5.59. The smallest absolute Gasteiger partial charge is 0.262 e. The average molecular weight is 421 g/mol. The molecule has 0 saturated carbocycles. The normalized spacial score (nSPS) is 15.8. The molecule has 4 rings (SSSR count). The van der Waals surface area contributed by atoms with E-state index in [-0.39, 0.29) is 16.8 Å². The third-order valence-electron chi connectivity index (χ3n) is 5.44. The molecule has 0 aliphatic heterocycles. The topological polar surface area (TPSA) is 75.3 Å². The van der Waals surface area contributed by atoms with Crippen LogP contribution in [0.3, 0.4) is 0 Å². The SMILES string of the molecule is Cc1ccc(C(=O)NC2CCCc3ccccc32)cc1S(=O)(=O)Nc1ccccc1. The van der Waals surface area contributed by atoms with Crippen molar-refractivity contribution in [1.29, 1.82) is 0 Å². The van der Waals surface area contributed by atoms with Crippen LogP contribution in [0.15, 0.2) is 77.7 Å². The number of hydrogen-bond acceptors (Lipinski definition) is 3. The zero-order chi connectivity index (χ0) is 21.1. The van der Waals surface area contributed by atoms with Gasteiger partial charge in [-0.1, -0.05) is 48.5 Å². The van der Waals surface area contributed by atoms with Gasteiger partial charge in [0.25, 0.3) is 15.9 Å². The van der Waals surface area contributed by atoms with Crippen LogP contribution >= 0.6 is 0 Å². The van der Waals surface area contributed by atoms with E-state index in [1.54, 1.807) is 43.3 Å². The van der Waals surface area contributed by atoms with Crippen LogP contribution in [0.2, 0.25) is 0 Å². The van der Waals surface area contributed by atoms with E-state index in [0.29, 0.717) is 16.8 Å². The minimum Gasteiger partial charge on any atom is -0.345 e. The highest BCUT2D eigenvalue weighted by molar-refractivity contribution is 7.92. The molecule has 0 heterocycles.